The van der Waals surface area contributed by atoms with Gasteiger partial charge in [0.15, 0.2) is 0 Å². The van der Waals surface area contributed by atoms with Gasteiger partial charge in [0.1, 0.15) is 0 Å². The smallest absolute Gasteiger partial charge is 0.0577 e. The van der Waals surface area contributed by atoms with Gasteiger partial charge in [-0.1, -0.05) is 43.6 Å². The Bertz CT molecular complexity index is 682. The van der Waals surface area contributed by atoms with Crippen LogP contribution in [0.4, 0.5) is 0 Å². The Morgan fingerprint density at radius 2 is 1.83 bits per heavy atom. The van der Waals surface area contributed by atoms with Crippen LogP contribution in [-0.4, -0.2) is 11.2 Å². The van der Waals surface area contributed by atoms with E-state index in [1.54, 1.807) is 11.1 Å². The van der Waals surface area contributed by atoms with Crippen LogP contribution >= 0.6 is 0 Å². The van der Waals surface area contributed by atoms with E-state index < -0.39 is 0 Å². The molecule has 0 saturated heterocycles. The molecule has 0 heterocycles. The minimum absolute atomic E-state index is 0.0827. The lowest BCUT2D eigenvalue weighted by atomic mass is 9.47. The molecule has 3 fully saturated rings. The Balaban J connectivity index is 1.51. The van der Waals surface area contributed by atoms with Crippen LogP contribution in [0.5, 0.6) is 0 Å². The molecule has 0 unspecified atom stereocenters. The summed E-state index contributed by atoms with van der Waals surface area (Å²) in [5.74, 6) is 4.47. The molecule has 1 heteroatoms. The average molecular weight is 400 g/mol. The standard InChI is InChI=1S/C28H46O/c1-18(2)19(3)7-8-20(4)24-11-12-25-23-10-9-21-17-22(29)13-15-27(21,5)26(23)14-16-28(24,25)6/h9,20,22-26,29H,7-8,10-17H2,1-6H3/t20-,22+,23+,24-,25+,26+,27+,28-/m1/s1/i1+1/b19-18+. The SMILES string of the molecule is C/C([13CH3])=C(\C)CC[C@@H](C)[C@H]1CC[C@H]2[C@@H]3CC=C4C[C@@H](O)CC[C@]4(C)[C@H]3CC[C@]12C. The summed E-state index contributed by atoms with van der Waals surface area (Å²) in [6, 6.07) is 0. The molecular weight excluding hydrogens is 353 g/mol. The Labute approximate surface area is 180 Å². The molecule has 0 spiro atoms. The summed E-state index contributed by atoms with van der Waals surface area (Å²) in [5.41, 5.74) is 5.69. The molecule has 4 aliphatic rings. The molecule has 4 rings (SSSR count). The van der Waals surface area contributed by atoms with Crippen molar-refractivity contribution in [1.82, 2.24) is 0 Å². The lowest BCUT2D eigenvalue weighted by molar-refractivity contribution is -0.0571. The van der Waals surface area contributed by atoms with Crippen molar-refractivity contribution in [3.63, 3.8) is 0 Å². The number of aliphatic hydroxyl groups excluding tert-OH is 1. The number of fused-ring (bicyclic) bond motifs is 5. The van der Waals surface area contributed by atoms with Gasteiger partial charge in [-0.05, 0) is 125 Å². The number of rotatable bonds is 4. The molecular formula is C28H46O. The van der Waals surface area contributed by atoms with Gasteiger partial charge in [0.25, 0.3) is 0 Å². The van der Waals surface area contributed by atoms with Crippen LogP contribution in [0.15, 0.2) is 22.8 Å². The van der Waals surface area contributed by atoms with Crippen LogP contribution in [-0.2, 0) is 0 Å². The number of hydrogen-bond acceptors (Lipinski definition) is 1. The Hall–Kier alpha value is -0.560. The molecule has 0 radical (unpaired) electrons. The van der Waals surface area contributed by atoms with E-state index in [2.05, 4.69) is 47.6 Å². The van der Waals surface area contributed by atoms with Crippen LogP contribution < -0.4 is 0 Å². The van der Waals surface area contributed by atoms with Gasteiger partial charge in [-0.2, -0.15) is 0 Å². The van der Waals surface area contributed by atoms with Gasteiger partial charge >= 0.3 is 0 Å². The summed E-state index contributed by atoms with van der Waals surface area (Å²) in [4.78, 5) is 0. The van der Waals surface area contributed by atoms with Crippen LogP contribution in [0, 0.1) is 40.4 Å². The second-order valence-corrected chi connectivity index (χ2v) is 12.2. The fraction of sp³-hybridized carbons (Fsp3) is 0.857. The van der Waals surface area contributed by atoms with Gasteiger partial charge in [-0.15, -0.1) is 0 Å². The van der Waals surface area contributed by atoms with Crippen molar-refractivity contribution in [1.29, 1.82) is 0 Å². The fourth-order valence-corrected chi connectivity index (χ4v) is 8.51. The summed E-state index contributed by atoms with van der Waals surface area (Å²) in [7, 11) is 0. The van der Waals surface area contributed by atoms with E-state index in [9.17, 15) is 5.11 Å². The maximum atomic E-state index is 10.2. The molecule has 1 nitrogen and oxygen atoms in total. The molecule has 164 valence electrons. The minimum Gasteiger partial charge on any atom is -0.393 e. The van der Waals surface area contributed by atoms with E-state index in [4.69, 9.17) is 0 Å². The zero-order valence-corrected chi connectivity index (χ0v) is 20.1. The number of aliphatic hydroxyl groups is 1. The lowest BCUT2D eigenvalue weighted by Crippen LogP contribution is -2.50. The van der Waals surface area contributed by atoms with E-state index in [0.717, 1.165) is 42.4 Å². The molecule has 0 aromatic heterocycles. The largest absolute Gasteiger partial charge is 0.393 e. The lowest BCUT2D eigenvalue weighted by Gasteiger charge is -2.58. The quantitative estimate of drug-likeness (QED) is 0.379. The van der Waals surface area contributed by atoms with E-state index in [1.165, 1.54) is 56.9 Å². The fourth-order valence-electron chi connectivity index (χ4n) is 8.51. The summed E-state index contributed by atoms with van der Waals surface area (Å²) in [6.07, 6.45) is 15.4. The molecule has 0 bridgehead atoms. The van der Waals surface area contributed by atoms with Gasteiger partial charge in [0.2, 0.25) is 0 Å². The molecule has 0 aromatic carbocycles. The monoisotopic (exact) mass is 399 g/mol. The Morgan fingerprint density at radius 3 is 2.55 bits per heavy atom. The third-order valence-electron chi connectivity index (χ3n) is 10.7. The first-order chi connectivity index (χ1) is 13.7. The first kappa shape index (κ1) is 21.7. The molecule has 0 amide bonds. The maximum Gasteiger partial charge on any atom is 0.0577 e. The topological polar surface area (TPSA) is 20.2 Å². The van der Waals surface area contributed by atoms with Crippen molar-refractivity contribution in [2.75, 3.05) is 0 Å². The van der Waals surface area contributed by atoms with Crippen molar-refractivity contribution in [2.45, 2.75) is 112 Å². The van der Waals surface area contributed by atoms with Crippen LogP contribution in [0.2, 0.25) is 0 Å². The molecule has 3 saturated carbocycles. The normalized spacial score (nSPS) is 46.2. The minimum atomic E-state index is -0.0827. The van der Waals surface area contributed by atoms with E-state index in [0.29, 0.717) is 10.8 Å². The number of allylic oxidation sites excluding steroid dienone is 3. The van der Waals surface area contributed by atoms with E-state index >= 15 is 0 Å². The third kappa shape index (κ3) is 3.58. The highest BCUT2D eigenvalue weighted by atomic mass is 16.3. The zero-order chi connectivity index (χ0) is 21.0. The molecule has 0 aliphatic heterocycles. The predicted molar refractivity (Wildman–Crippen MR) is 124 cm³/mol. The predicted octanol–water partition coefficient (Wildman–Crippen LogP) is 7.70. The van der Waals surface area contributed by atoms with Gasteiger partial charge in [-0.25, -0.2) is 0 Å². The molecule has 29 heavy (non-hydrogen) atoms. The van der Waals surface area contributed by atoms with Gasteiger partial charge in [-0.3, -0.25) is 0 Å². The van der Waals surface area contributed by atoms with Gasteiger partial charge in [0.05, 0.1) is 6.10 Å². The van der Waals surface area contributed by atoms with Crippen molar-refractivity contribution >= 4 is 0 Å². The van der Waals surface area contributed by atoms with Crippen molar-refractivity contribution in [3.05, 3.63) is 22.8 Å². The average Bonchev–Trinajstić information content (AvgIpc) is 3.03. The van der Waals surface area contributed by atoms with Crippen molar-refractivity contribution in [2.24, 2.45) is 40.4 Å². The van der Waals surface area contributed by atoms with Crippen molar-refractivity contribution < 1.29 is 5.11 Å². The first-order valence-corrected chi connectivity index (χ1v) is 12.7. The van der Waals surface area contributed by atoms with E-state index in [-0.39, 0.29) is 6.10 Å². The zero-order valence-electron chi connectivity index (χ0n) is 20.1. The second kappa shape index (κ2) is 7.85. The number of hydrogen-bond donors (Lipinski definition) is 1. The summed E-state index contributed by atoms with van der Waals surface area (Å²) in [5, 5.41) is 10.2. The second-order valence-electron chi connectivity index (χ2n) is 12.2. The molecule has 8 atom stereocenters. The Morgan fingerprint density at radius 1 is 1.07 bits per heavy atom. The maximum absolute atomic E-state index is 10.2. The summed E-state index contributed by atoms with van der Waals surface area (Å²) >= 11 is 0. The highest BCUT2D eigenvalue weighted by Gasteiger charge is 2.59. The van der Waals surface area contributed by atoms with Gasteiger partial charge < -0.3 is 5.11 Å². The summed E-state index contributed by atoms with van der Waals surface area (Å²) in [6.45, 7) is 14.7. The van der Waals surface area contributed by atoms with Crippen LogP contribution in [0.1, 0.15) is 106 Å². The first-order valence-electron chi connectivity index (χ1n) is 12.7. The van der Waals surface area contributed by atoms with Gasteiger partial charge in [0, 0.05) is 0 Å². The highest BCUT2D eigenvalue weighted by molar-refractivity contribution is 5.25. The third-order valence-corrected chi connectivity index (χ3v) is 10.7. The van der Waals surface area contributed by atoms with Crippen LogP contribution in [0.25, 0.3) is 0 Å². The molecule has 4 aliphatic carbocycles. The van der Waals surface area contributed by atoms with Crippen molar-refractivity contribution in [3.8, 4) is 0 Å². The van der Waals surface area contributed by atoms with E-state index in [1.807, 2.05) is 0 Å². The highest BCUT2D eigenvalue weighted by Crippen LogP contribution is 2.67. The molecule has 1 N–H and O–H groups in total. The molecule has 0 aromatic rings. The van der Waals surface area contributed by atoms with Crippen LogP contribution in [0.3, 0.4) is 0 Å². The Kier molecular flexibility index (Phi) is 5.86. The summed E-state index contributed by atoms with van der Waals surface area (Å²) < 4.78 is 0.